The smallest absolute Gasteiger partial charge is 0.266 e. The van der Waals surface area contributed by atoms with Gasteiger partial charge < -0.3 is 4.98 Å². The molecular formula is C14H15ClN2O3S. The van der Waals surface area contributed by atoms with Gasteiger partial charge in [0.25, 0.3) is 5.56 Å². The lowest BCUT2D eigenvalue weighted by molar-refractivity contribution is 0.465. The first-order valence-corrected chi connectivity index (χ1v) is 8.03. The summed E-state index contributed by atoms with van der Waals surface area (Å²) in [6, 6.07) is 8.71. The van der Waals surface area contributed by atoms with Crippen molar-refractivity contribution in [1.29, 1.82) is 0 Å². The fourth-order valence-corrected chi connectivity index (χ4v) is 3.26. The Kier molecular flexibility index (Phi) is 4.51. The highest BCUT2D eigenvalue weighted by molar-refractivity contribution is 7.89. The molecule has 0 radical (unpaired) electrons. The van der Waals surface area contributed by atoms with Gasteiger partial charge in [-0.2, -0.15) is 4.31 Å². The Hall–Kier alpha value is -1.63. The van der Waals surface area contributed by atoms with Gasteiger partial charge in [0.2, 0.25) is 10.0 Å². The largest absolute Gasteiger partial charge is 0.326 e. The molecule has 1 aromatic carbocycles. The molecule has 0 saturated carbocycles. The summed E-state index contributed by atoms with van der Waals surface area (Å²) < 4.78 is 26.1. The van der Waals surface area contributed by atoms with Gasteiger partial charge in [-0.25, -0.2) is 8.42 Å². The Morgan fingerprint density at radius 2 is 1.95 bits per heavy atom. The molecular weight excluding hydrogens is 312 g/mol. The van der Waals surface area contributed by atoms with Gasteiger partial charge >= 0.3 is 0 Å². The summed E-state index contributed by atoms with van der Waals surface area (Å²) in [4.78, 5) is 13.5. The van der Waals surface area contributed by atoms with Gasteiger partial charge in [-0.15, -0.1) is 0 Å². The molecule has 0 aliphatic heterocycles. The molecule has 0 atom stereocenters. The van der Waals surface area contributed by atoms with Gasteiger partial charge in [-0.3, -0.25) is 4.79 Å². The van der Waals surface area contributed by atoms with Crippen molar-refractivity contribution in [2.24, 2.45) is 0 Å². The second-order valence-corrected chi connectivity index (χ2v) is 7.15. The summed E-state index contributed by atoms with van der Waals surface area (Å²) in [5.74, 6) is 0. The van der Waals surface area contributed by atoms with Crippen molar-refractivity contribution in [3.8, 4) is 0 Å². The van der Waals surface area contributed by atoms with Crippen molar-refractivity contribution in [1.82, 2.24) is 9.29 Å². The number of sulfonamides is 1. The van der Waals surface area contributed by atoms with Crippen LogP contribution >= 0.6 is 11.6 Å². The van der Waals surface area contributed by atoms with Crippen molar-refractivity contribution in [2.75, 3.05) is 7.05 Å². The van der Waals surface area contributed by atoms with Crippen molar-refractivity contribution >= 4 is 21.6 Å². The lowest BCUT2D eigenvalue weighted by Crippen LogP contribution is -2.27. The third-order valence-electron chi connectivity index (χ3n) is 3.19. The number of nitrogens with zero attached hydrogens (tertiary/aromatic N) is 1. The Balaban J connectivity index is 2.33. The van der Waals surface area contributed by atoms with Crippen LogP contribution in [-0.2, 0) is 16.6 Å². The van der Waals surface area contributed by atoms with Gasteiger partial charge in [0.15, 0.2) is 0 Å². The summed E-state index contributed by atoms with van der Waals surface area (Å²) in [6.07, 6.45) is 1.15. The van der Waals surface area contributed by atoms with Crippen LogP contribution in [0, 0.1) is 6.92 Å². The standard InChI is InChI=1S/C14H15ClN2O3S/c1-10-5-3-4-6-11(10)9-17(2)21(19,20)12-7-13(15)14(18)16-8-12/h3-8H,9H2,1-2H3,(H,16,18). The van der Waals surface area contributed by atoms with Crippen molar-refractivity contribution in [2.45, 2.75) is 18.4 Å². The number of halogens is 1. The molecule has 0 saturated heterocycles. The Bertz CT molecular complexity index is 815. The topological polar surface area (TPSA) is 70.2 Å². The summed E-state index contributed by atoms with van der Waals surface area (Å²) in [7, 11) is -2.23. The average molecular weight is 327 g/mol. The minimum absolute atomic E-state index is 0.0387. The fraction of sp³-hybridized carbons (Fsp3) is 0.214. The van der Waals surface area contributed by atoms with Crippen LogP contribution in [0.4, 0.5) is 0 Å². The van der Waals surface area contributed by atoms with E-state index in [-0.39, 0.29) is 16.5 Å². The monoisotopic (exact) mass is 326 g/mol. The molecule has 1 aromatic heterocycles. The highest BCUT2D eigenvalue weighted by Crippen LogP contribution is 2.18. The van der Waals surface area contributed by atoms with Gasteiger partial charge in [-0.05, 0) is 24.1 Å². The molecule has 0 bridgehead atoms. The van der Waals surface area contributed by atoms with E-state index in [9.17, 15) is 13.2 Å². The minimum atomic E-state index is -3.71. The van der Waals surface area contributed by atoms with E-state index in [1.807, 2.05) is 31.2 Å². The van der Waals surface area contributed by atoms with Gasteiger partial charge in [0.05, 0.1) is 4.90 Å². The number of H-pyrrole nitrogens is 1. The number of hydrogen-bond acceptors (Lipinski definition) is 3. The van der Waals surface area contributed by atoms with E-state index in [4.69, 9.17) is 11.6 Å². The number of pyridine rings is 1. The van der Waals surface area contributed by atoms with Crippen molar-refractivity contribution in [3.63, 3.8) is 0 Å². The van der Waals surface area contributed by atoms with E-state index in [0.29, 0.717) is 0 Å². The van der Waals surface area contributed by atoms with E-state index in [0.717, 1.165) is 23.4 Å². The number of aryl methyl sites for hydroxylation is 1. The predicted octanol–water partition coefficient (Wildman–Crippen LogP) is 2.16. The third kappa shape index (κ3) is 3.34. The Morgan fingerprint density at radius 3 is 2.57 bits per heavy atom. The number of benzene rings is 1. The van der Waals surface area contributed by atoms with Crippen molar-refractivity contribution in [3.05, 3.63) is 63.0 Å². The van der Waals surface area contributed by atoms with Gasteiger partial charge in [-0.1, -0.05) is 35.9 Å². The van der Waals surface area contributed by atoms with E-state index < -0.39 is 15.6 Å². The van der Waals surface area contributed by atoms with E-state index in [2.05, 4.69) is 4.98 Å². The maximum absolute atomic E-state index is 12.5. The summed E-state index contributed by atoms with van der Waals surface area (Å²) in [5.41, 5.74) is 1.41. The molecule has 0 amide bonds. The quantitative estimate of drug-likeness (QED) is 0.936. The maximum atomic E-state index is 12.5. The van der Waals surface area contributed by atoms with Crippen LogP contribution in [0.3, 0.4) is 0 Å². The fourth-order valence-electron chi connectivity index (χ4n) is 1.88. The zero-order valence-electron chi connectivity index (χ0n) is 11.6. The molecule has 21 heavy (non-hydrogen) atoms. The predicted molar refractivity (Wildman–Crippen MR) is 81.9 cm³/mol. The first-order valence-electron chi connectivity index (χ1n) is 6.21. The number of hydrogen-bond donors (Lipinski definition) is 1. The van der Waals surface area contributed by atoms with E-state index >= 15 is 0 Å². The lowest BCUT2D eigenvalue weighted by atomic mass is 10.1. The molecule has 1 N–H and O–H groups in total. The van der Waals surface area contributed by atoms with Gasteiger partial charge in [0, 0.05) is 19.8 Å². The third-order valence-corrected chi connectivity index (χ3v) is 5.26. The van der Waals surface area contributed by atoms with Crippen LogP contribution in [0.15, 0.2) is 46.2 Å². The minimum Gasteiger partial charge on any atom is -0.326 e. The van der Waals surface area contributed by atoms with Crippen LogP contribution in [0.5, 0.6) is 0 Å². The average Bonchev–Trinajstić information content (AvgIpc) is 2.44. The highest BCUT2D eigenvalue weighted by atomic mass is 35.5. The van der Waals surface area contributed by atoms with Crippen LogP contribution in [-0.4, -0.2) is 24.8 Å². The van der Waals surface area contributed by atoms with Crippen LogP contribution in [0.1, 0.15) is 11.1 Å². The Morgan fingerprint density at radius 1 is 1.29 bits per heavy atom. The lowest BCUT2D eigenvalue weighted by Gasteiger charge is -2.18. The molecule has 2 aromatic rings. The summed E-state index contributed by atoms with van der Waals surface area (Å²) in [5, 5.41) is -0.152. The Labute approximate surface area is 128 Å². The zero-order chi connectivity index (χ0) is 15.6. The van der Waals surface area contributed by atoms with Crippen LogP contribution in [0.25, 0.3) is 0 Å². The first-order chi connectivity index (χ1) is 9.82. The molecule has 0 aliphatic carbocycles. The molecule has 5 nitrogen and oxygen atoms in total. The molecule has 112 valence electrons. The maximum Gasteiger partial charge on any atom is 0.266 e. The second kappa shape index (κ2) is 6.01. The second-order valence-electron chi connectivity index (χ2n) is 4.70. The highest BCUT2D eigenvalue weighted by Gasteiger charge is 2.22. The number of rotatable bonds is 4. The molecule has 0 aliphatic rings. The van der Waals surface area contributed by atoms with E-state index in [1.54, 1.807) is 0 Å². The number of aromatic nitrogens is 1. The van der Waals surface area contributed by atoms with Crippen LogP contribution in [0.2, 0.25) is 5.02 Å². The molecule has 7 heteroatoms. The molecule has 1 heterocycles. The summed E-state index contributed by atoms with van der Waals surface area (Å²) in [6.45, 7) is 2.17. The SMILES string of the molecule is Cc1ccccc1CN(C)S(=O)(=O)c1c[nH]c(=O)c(Cl)c1. The molecule has 0 unspecified atom stereocenters. The molecule has 0 spiro atoms. The van der Waals surface area contributed by atoms with Gasteiger partial charge in [0.1, 0.15) is 5.02 Å². The normalized spacial score (nSPS) is 11.8. The molecule has 0 fully saturated rings. The number of aromatic amines is 1. The molecule has 2 rings (SSSR count). The summed E-state index contributed by atoms with van der Waals surface area (Å²) >= 11 is 5.68. The number of nitrogens with one attached hydrogen (secondary N) is 1. The van der Waals surface area contributed by atoms with E-state index in [1.165, 1.54) is 11.4 Å². The zero-order valence-corrected chi connectivity index (χ0v) is 13.2. The van der Waals surface area contributed by atoms with Crippen LogP contribution < -0.4 is 5.56 Å². The first kappa shape index (κ1) is 15.8. The van der Waals surface area contributed by atoms with Crippen molar-refractivity contribution < 1.29 is 8.42 Å².